The SMILES string of the molecule is CC1CNc2cccc(C(=O)NC34CC(NC(=O)COc5ccc(Cl)c(F)c5)(C3)C4)c2N1. The van der Waals surface area contributed by atoms with Gasteiger partial charge in [0, 0.05) is 29.7 Å². The summed E-state index contributed by atoms with van der Waals surface area (Å²) < 4.78 is 18.8. The highest BCUT2D eigenvalue weighted by molar-refractivity contribution is 6.30. The Labute approximate surface area is 190 Å². The number of nitrogens with one attached hydrogen (secondary N) is 4. The van der Waals surface area contributed by atoms with Gasteiger partial charge in [-0.15, -0.1) is 0 Å². The van der Waals surface area contributed by atoms with Gasteiger partial charge in [0.15, 0.2) is 6.61 Å². The molecule has 0 saturated heterocycles. The molecular weight excluding hydrogens is 435 g/mol. The van der Waals surface area contributed by atoms with Crippen LogP contribution in [0.15, 0.2) is 36.4 Å². The fraction of sp³-hybridized carbons (Fsp3) is 0.391. The van der Waals surface area contributed by atoms with E-state index < -0.39 is 5.82 Å². The number of para-hydroxylation sites is 1. The number of rotatable bonds is 6. The Morgan fingerprint density at radius 1 is 1.19 bits per heavy atom. The van der Waals surface area contributed by atoms with Crippen molar-refractivity contribution in [1.82, 2.24) is 10.6 Å². The number of ether oxygens (including phenoxy) is 1. The number of hydrogen-bond acceptors (Lipinski definition) is 5. The van der Waals surface area contributed by atoms with Crippen LogP contribution in [0.3, 0.4) is 0 Å². The molecular formula is C23H24ClFN4O3. The first-order valence-electron chi connectivity index (χ1n) is 10.6. The van der Waals surface area contributed by atoms with Crippen LogP contribution < -0.4 is 26.0 Å². The van der Waals surface area contributed by atoms with Crippen molar-refractivity contribution in [2.75, 3.05) is 23.8 Å². The number of benzene rings is 2. The molecule has 2 aromatic rings. The molecule has 1 unspecified atom stereocenters. The van der Waals surface area contributed by atoms with Gasteiger partial charge >= 0.3 is 0 Å². The Hall–Kier alpha value is -3.00. The van der Waals surface area contributed by atoms with E-state index in [4.69, 9.17) is 16.3 Å². The molecule has 9 heteroatoms. The van der Waals surface area contributed by atoms with Crippen molar-refractivity contribution < 1.29 is 18.7 Å². The van der Waals surface area contributed by atoms with Crippen molar-refractivity contribution in [2.45, 2.75) is 43.3 Å². The van der Waals surface area contributed by atoms with E-state index in [9.17, 15) is 14.0 Å². The maximum Gasteiger partial charge on any atom is 0.258 e. The molecule has 7 nitrogen and oxygen atoms in total. The highest BCUT2D eigenvalue weighted by atomic mass is 35.5. The van der Waals surface area contributed by atoms with Crippen LogP contribution in [0.5, 0.6) is 5.75 Å². The van der Waals surface area contributed by atoms with Crippen LogP contribution in [0.2, 0.25) is 5.02 Å². The van der Waals surface area contributed by atoms with Gasteiger partial charge in [-0.1, -0.05) is 17.7 Å². The third-order valence-electron chi connectivity index (χ3n) is 6.37. The van der Waals surface area contributed by atoms with E-state index in [0.29, 0.717) is 24.8 Å². The highest BCUT2D eigenvalue weighted by Crippen LogP contribution is 2.60. The minimum atomic E-state index is -0.596. The van der Waals surface area contributed by atoms with E-state index in [0.717, 1.165) is 24.0 Å². The predicted octanol–water partition coefficient (Wildman–Crippen LogP) is 3.31. The molecule has 2 bridgehead atoms. The lowest BCUT2D eigenvalue weighted by molar-refractivity contribution is -0.141. The molecule has 2 amide bonds. The van der Waals surface area contributed by atoms with Crippen LogP contribution in [0, 0.1) is 5.82 Å². The lowest BCUT2D eigenvalue weighted by Gasteiger charge is -2.70. The van der Waals surface area contributed by atoms with E-state index >= 15 is 0 Å². The average Bonchev–Trinajstić information content (AvgIpc) is 2.71. The summed E-state index contributed by atoms with van der Waals surface area (Å²) in [6.45, 7) is 2.65. The second-order valence-corrected chi connectivity index (χ2v) is 9.52. The first kappa shape index (κ1) is 20.9. The van der Waals surface area contributed by atoms with Crippen LogP contribution in [0.1, 0.15) is 36.5 Å². The summed E-state index contributed by atoms with van der Waals surface area (Å²) >= 11 is 5.65. The van der Waals surface area contributed by atoms with Crippen LogP contribution in [-0.2, 0) is 4.79 Å². The Bertz CT molecular complexity index is 1090. The molecule has 1 heterocycles. The summed E-state index contributed by atoms with van der Waals surface area (Å²) in [5, 5.41) is 12.9. The average molecular weight is 459 g/mol. The maximum atomic E-state index is 13.5. The minimum Gasteiger partial charge on any atom is -0.484 e. The second kappa shape index (κ2) is 7.55. The number of carbonyl (C=O) groups excluding carboxylic acids is 2. The van der Waals surface area contributed by atoms with Crippen molar-refractivity contribution in [2.24, 2.45) is 0 Å². The molecule has 3 saturated carbocycles. The van der Waals surface area contributed by atoms with Crippen molar-refractivity contribution in [3.8, 4) is 5.75 Å². The first-order valence-corrected chi connectivity index (χ1v) is 11.0. The summed E-state index contributed by atoms with van der Waals surface area (Å²) in [5.41, 5.74) is 1.80. The second-order valence-electron chi connectivity index (χ2n) is 9.11. The van der Waals surface area contributed by atoms with Crippen molar-refractivity contribution >= 4 is 34.8 Å². The topological polar surface area (TPSA) is 91.5 Å². The number of hydrogen-bond donors (Lipinski definition) is 4. The molecule has 1 atom stereocenters. The van der Waals surface area contributed by atoms with Gasteiger partial charge < -0.3 is 26.0 Å². The molecule has 6 rings (SSSR count). The fourth-order valence-electron chi connectivity index (χ4n) is 5.01. The largest absolute Gasteiger partial charge is 0.484 e. The number of carbonyl (C=O) groups is 2. The number of amides is 2. The van der Waals surface area contributed by atoms with Gasteiger partial charge in [0.2, 0.25) is 0 Å². The van der Waals surface area contributed by atoms with Crippen LogP contribution >= 0.6 is 11.6 Å². The van der Waals surface area contributed by atoms with Gasteiger partial charge in [0.1, 0.15) is 11.6 Å². The number of halogens is 2. The molecule has 4 N–H and O–H groups in total. The van der Waals surface area contributed by atoms with E-state index in [2.05, 4.69) is 28.2 Å². The standard InChI is InChI=1S/C23H24ClFN4O3/c1-13-8-26-18-4-2-3-15(20(18)27-13)21(31)29-23-10-22(11-23,12-23)28-19(30)9-32-14-5-6-16(24)17(25)7-14/h2-7,13,26-27H,8-12H2,1H3,(H,28,30)(H,29,31). The maximum absolute atomic E-state index is 13.5. The van der Waals surface area contributed by atoms with Crippen LogP contribution in [0.25, 0.3) is 0 Å². The fourth-order valence-corrected chi connectivity index (χ4v) is 5.13. The van der Waals surface area contributed by atoms with Crippen molar-refractivity contribution in [3.05, 3.63) is 52.8 Å². The monoisotopic (exact) mass is 458 g/mol. The third kappa shape index (κ3) is 3.72. The normalized spacial score (nSPS) is 26.9. The van der Waals surface area contributed by atoms with Crippen LogP contribution in [-0.4, -0.2) is 42.1 Å². The molecule has 0 radical (unpaired) electrons. The smallest absolute Gasteiger partial charge is 0.258 e. The van der Waals surface area contributed by atoms with Gasteiger partial charge in [-0.2, -0.15) is 0 Å². The lowest BCUT2D eigenvalue weighted by Crippen LogP contribution is -2.84. The predicted molar refractivity (Wildman–Crippen MR) is 120 cm³/mol. The zero-order chi connectivity index (χ0) is 22.5. The quantitative estimate of drug-likeness (QED) is 0.533. The molecule has 4 aliphatic rings. The number of anilines is 2. The third-order valence-corrected chi connectivity index (χ3v) is 6.68. The summed E-state index contributed by atoms with van der Waals surface area (Å²) in [7, 11) is 0. The highest BCUT2D eigenvalue weighted by Gasteiger charge is 2.69. The summed E-state index contributed by atoms with van der Waals surface area (Å²) in [6.07, 6.45) is 2.05. The molecule has 3 fully saturated rings. The van der Waals surface area contributed by atoms with Crippen LogP contribution in [0.4, 0.5) is 15.8 Å². The Balaban J connectivity index is 1.13. The molecule has 168 valence electrons. The minimum absolute atomic E-state index is 0.000540. The Morgan fingerprint density at radius 2 is 1.94 bits per heavy atom. The van der Waals surface area contributed by atoms with Gasteiger partial charge in [-0.05, 0) is 50.5 Å². The molecule has 2 aromatic carbocycles. The lowest BCUT2D eigenvalue weighted by atomic mass is 9.44. The molecule has 3 aliphatic carbocycles. The molecule has 0 spiro atoms. The summed E-state index contributed by atoms with van der Waals surface area (Å²) in [4.78, 5) is 25.2. The summed E-state index contributed by atoms with van der Waals surface area (Å²) in [5.74, 6) is -0.742. The van der Waals surface area contributed by atoms with E-state index in [1.165, 1.54) is 12.1 Å². The molecule has 0 aromatic heterocycles. The van der Waals surface area contributed by atoms with E-state index in [1.54, 1.807) is 0 Å². The summed E-state index contributed by atoms with van der Waals surface area (Å²) in [6, 6.07) is 9.92. The van der Waals surface area contributed by atoms with E-state index in [-0.39, 0.29) is 46.3 Å². The zero-order valence-electron chi connectivity index (χ0n) is 17.6. The van der Waals surface area contributed by atoms with Gasteiger partial charge in [0.25, 0.3) is 11.8 Å². The van der Waals surface area contributed by atoms with Crippen molar-refractivity contribution in [3.63, 3.8) is 0 Å². The first-order chi connectivity index (χ1) is 15.3. The molecule has 32 heavy (non-hydrogen) atoms. The van der Waals surface area contributed by atoms with Gasteiger partial charge in [-0.3, -0.25) is 9.59 Å². The van der Waals surface area contributed by atoms with Crippen molar-refractivity contribution in [1.29, 1.82) is 0 Å². The molecule has 1 aliphatic heterocycles. The Kier molecular flexibility index (Phi) is 4.93. The number of fused-ring (bicyclic) bond motifs is 1. The Morgan fingerprint density at radius 3 is 2.69 bits per heavy atom. The van der Waals surface area contributed by atoms with Gasteiger partial charge in [0.05, 0.1) is 22.0 Å². The zero-order valence-corrected chi connectivity index (χ0v) is 18.3. The van der Waals surface area contributed by atoms with E-state index in [1.807, 2.05) is 18.2 Å². The van der Waals surface area contributed by atoms with Gasteiger partial charge in [-0.25, -0.2) is 4.39 Å².